The molecule has 4 nitrogen and oxygen atoms in total. The van der Waals surface area contributed by atoms with E-state index in [2.05, 4.69) is 28.6 Å². The van der Waals surface area contributed by atoms with Gasteiger partial charge in [0.25, 0.3) is 0 Å². The summed E-state index contributed by atoms with van der Waals surface area (Å²) >= 11 is 1.76. The second-order valence-electron chi connectivity index (χ2n) is 4.85. The predicted octanol–water partition coefficient (Wildman–Crippen LogP) is 2.60. The molecule has 1 fully saturated rings. The molecule has 0 aliphatic carbocycles. The van der Waals surface area contributed by atoms with Crippen LogP contribution in [-0.4, -0.2) is 33.2 Å². The van der Waals surface area contributed by atoms with E-state index in [0.717, 1.165) is 23.3 Å². The third kappa shape index (κ3) is 3.22. The Morgan fingerprint density at radius 2 is 2.24 bits per heavy atom. The van der Waals surface area contributed by atoms with E-state index in [0.29, 0.717) is 12.0 Å². The van der Waals surface area contributed by atoms with Crippen LogP contribution in [0.2, 0.25) is 0 Å². The zero-order valence-electron chi connectivity index (χ0n) is 10.8. The quantitative estimate of drug-likeness (QED) is 0.775. The topological polar surface area (TPSA) is 39.9 Å². The SMILES string of the molecule is CC(C)c1nnc(SC[C@@H]2CCCCO2)n1C. The van der Waals surface area contributed by atoms with Gasteiger partial charge in [0.15, 0.2) is 5.16 Å². The Labute approximate surface area is 107 Å². The van der Waals surface area contributed by atoms with Gasteiger partial charge in [-0.05, 0) is 19.3 Å². The maximum atomic E-state index is 5.72. The van der Waals surface area contributed by atoms with Crippen molar-refractivity contribution in [3.8, 4) is 0 Å². The summed E-state index contributed by atoms with van der Waals surface area (Å²) < 4.78 is 7.81. The van der Waals surface area contributed by atoms with Gasteiger partial charge >= 0.3 is 0 Å². The molecule has 1 aromatic rings. The molecule has 0 saturated carbocycles. The van der Waals surface area contributed by atoms with Crippen LogP contribution in [0.5, 0.6) is 0 Å². The molecule has 17 heavy (non-hydrogen) atoms. The lowest BCUT2D eigenvalue weighted by Crippen LogP contribution is -2.21. The molecule has 0 amide bonds. The highest BCUT2D eigenvalue weighted by atomic mass is 32.2. The molecule has 0 bridgehead atoms. The van der Waals surface area contributed by atoms with E-state index in [9.17, 15) is 0 Å². The highest BCUT2D eigenvalue weighted by Crippen LogP contribution is 2.23. The van der Waals surface area contributed by atoms with Crippen molar-refractivity contribution in [1.82, 2.24) is 14.8 Å². The highest BCUT2D eigenvalue weighted by Gasteiger charge is 2.17. The number of thioether (sulfide) groups is 1. The Bertz CT molecular complexity index is 359. The zero-order chi connectivity index (χ0) is 12.3. The van der Waals surface area contributed by atoms with Crippen molar-refractivity contribution in [3.05, 3.63) is 5.82 Å². The Balaban J connectivity index is 1.90. The van der Waals surface area contributed by atoms with Crippen molar-refractivity contribution < 1.29 is 4.74 Å². The number of nitrogens with zero attached hydrogens (tertiary/aromatic N) is 3. The van der Waals surface area contributed by atoms with Gasteiger partial charge in [0, 0.05) is 25.3 Å². The first-order chi connectivity index (χ1) is 8.18. The van der Waals surface area contributed by atoms with Crippen molar-refractivity contribution in [2.24, 2.45) is 7.05 Å². The number of hydrogen-bond acceptors (Lipinski definition) is 4. The predicted molar refractivity (Wildman–Crippen MR) is 69.4 cm³/mol. The second kappa shape index (κ2) is 5.87. The summed E-state index contributed by atoms with van der Waals surface area (Å²) in [4.78, 5) is 0. The van der Waals surface area contributed by atoms with E-state index >= 15 is 0 Å². The van der Waals surface area contributed by atoms with Crippen LogP contribution in [0.4, 0.5) is 0 Å². The van der Waals surface area contributed by atoms with Crippen LogP contribution < -0.4 is 0 Å². The van der Waals surface area contributed by atoms with Crippen LogP contribution in [0.15, 0.2) is 5.16 Å². The highest BCUT2D eigenvalue weighted by molar-refractivity contribution is 7.99. The molecule has 0 radical (unpaired) electrons. The summed E-state index contributed by atoms with van der Waals surface area (Å²) in [6.45, 7) is 5.20. The summed E-state index contributed by atoms with van der Waals surface area (Å²) in [7, 11) is 2.04. The summed E-state index contributed by atoms with van der Waals surface area (Å²) in [5.74, 6) is 2.47. The lowest BCUT2D eigenvalue weighted by molar-refractivity contribution is 0.0315. The molecule has 2 rings (SSSR count). The van der Waals surface area contributed by atoms with Gasteiger partial charge in [-0.1, -0.05) is 25.6 Å². The van der Waals surface area contributed by atoms with Crippen molar-refractivity contribution in [1.29, 1.82) is 0 Å². The average Bonchev–Trinajstić information content (AvgIpc) is 2.69. The van der Waals surface area contributed by atoms with Crippen molar-refractivity contribution in [2.45, 2.75) is 50.3 Å². The molecular weight excluding hydrogens is 234 g/mol. The molecule has 1 aliphatic rings. The lowest BCUT2D eigenvalue weighted by atomic mass is 10.1. The van der Waals surface area contributed by atoms with Crippen LogP contribution in [0.25, 0.3) is 0 Å². The van der Waals surface area contributed by atoms with Gasteiger partial charge in [-0.15, -0.1) is 10.2 Å². The maximum Gasteiger partial charge on any atom is 0.191 e. The van der Waals surface area contributed by atoms with Crippen LogP contribution >= 0.6 is 11.8 Å². The van der Waals surface area contributed by atoms with E-state index in [1.807, 2.05) is 7.05 Å². The molecule has 0 aromatic carbocycles. The fourth-order valence-electron chi connectivity index (χ4n) is 2.06. The molecule has 1 atom stereocenters. The summed E-state index contributed by atoms with van der Waals surface area (Å²) in [5.41, 5.74) is 0. The number of aromatic nitrogens is 3. The van der Waals surface area contributed by atoms with E-state index < -0.39 is 0 Å². The molecule has 0 N–H and O–H groups in total. The van der Waals surface area contributed by atoms with Crippen molar-refractivity contribution >= 4 is 11.8 Å². The van der Waals surface area contributed by atoms with Gasteiger partial charge in [0.2, 0.25) is 0 Å². The molecule has 1 aliphatic heterocycles. The van der Waals surface area contributed by atoms with Crippen LogP contribution in [0.3, 0.4) is 0 Å². The largest absolute Gasteiger partial charge is 0.377 e. The Kier molecular flexibility index (Phi) is 4.45. The third-order valence-corrected chi connectivity index (χ3v) is 4.21. The molecule has 0 spiro atoms. The third-order valence-electron chi connectivity index (χ3n) is 3.06. The number of ether oxygens (including phenoxy) is 1. The van der Waals surface area contributed by atoms with Crippen LogP contribution in [0, 0.1) is 0 Å². The van der Waals surface area contributed by atoms with Gasteiger partial charge in [-0.25, -0.2) is 0 Å². The normalized spacial score (nSPS) is 21.1. The summed E-state index contributed by atoms with van der Waals surface area (Å²) in [6, 6.07) is 0. The monoisotopic (exact) mass is 255 g/mol. The molecule has 1 aromatic heterocycles. The second-order valence-corrected chi connectivity index (χ2v) is 5.84. The van der Waals surface area contributed by atoms with E-state index in [1.54, 1.807) is 11.8 Å². The first-order valence-electron chi connectivity index (χ1n) is 6.32. The fraction of sp³-hybridized carbons (Fsp3) is 0.833. The van der Waals surface area contributed by atoms with Gasteiger partial charge in [0.05, 0.1) is 6.10 Å². The summed E-state index contributed by atoms with van der Waals surface area (Å²) in [5, 5.41) is 9.47. The minimum absolute atomic E-state index is 0.396. The van der Waals surface area contributed by atoms with Crippen molar-refractivity contribution in [2.75, 3.05) is 12.4 Å². The molecule has 1 saturated heterocycles. The number of rotatable bonds is 4. The van der Waals surface area contributed by atoms with Gasteiger partial charge in [0.1, 0.15) is 5.82 Å². The smallest absolute Gasteiger partial charge is 0.191 e. The molecule has 5 heteroatoms. The standard InChI is InChI=1S/C12H21N3OS/c1-9(2)11-13-14-12(15(11)3)17-8-10-6-4-5-7-16-10/h9-10H,4-8H2,1-3H3/t10-/m0/s1. The van der Waals surface area contributed by atoms with E-state index in [-0.39, 0.29) is 0 Å². The summed E-state index contributed by atoms with van der Waals surface area (Å²) in [6.07, 6.45) is 4.08. The number of hydrogen-bond donors (Lipinski definition) is 0. The first kappa shape index (κ1) is 12.9. The minimum Gasteiger partial charge on any atom is -0.377 e. The van der Waals surface area contributed by atoms with Gasteiger partial charge in [-0.3, -0.25) is 0 Å². The molecule has 96 valence electrons. The Hall–Kier alpha value is -0.550. The molecular formula is C12H21N3OS. The Morgan fingerprint density at radius 1 is 1.41 bits per heavy atom. The van der Waals surface area contributed by atoms with Crippen LogP contribution in [0.1, 0.15) is 44.9 Å². The lowest BCUT2D eigenvalue weighted by Gasteiger charge is -2.21. The molecule has 0 unspecified atom stereocenters. The van der Waals surface area contributed by atoms with E-state index in [1.165, 1.54) is 19.3 Å². The Morgan fingerprint density at radius 3 is 2.82 bits per heavy atom. The fourth-order valence-corrected chi connectivity index (χ4v) is 3.04. The minimum atomic E-state index is 0.396. The first-order valence-corrected chi connectivity index (χ1v) is 7.30. The average molecular weight is 255 g/mol. The zero-order valence-corrected chi connectivity index (χ0v) is 11.7. The maximum absolute atomic E-state index is 5.72. The van der Waals surface area contributed by atoms with Gasteiger partial charge < -0.3 is 9.30 Å². The van der Waals surface area contributed by atoms with Crippen molar-refractivity contribution in [3.63, 3.8) is 0 Å². The van der Waals surface area contributed by atoms with Gasteiger partial charge in [-0.2, -0.15) is 0 Å². The molecule has 2 heterocycles. The van der Waals surface area contributed by atoms with E-state index in [4.69, 9.17) is 4.74 Å². The van der Waals surface area contributed by atoms with Crippen LogP contribution in [-0.2, 0) is 11.8 Å².